The molecule has 0 fully saturated rings. The third-order valence-corrected chi connectivity index (χ3v) is 4.71. The zero-order valence-corrected chi connectivity index (χ0v) is 16.9. The van der Waals surface area contributed by atoms with Crippen LogP contribution < -0.4 is 5.32 Å². The Kier molecular flexibility index (Phi) is 6.13. The first-order chi connectivity index (χ1) is 13.0. The Morgan fingerprint density at radius 1 is 1.26 bits per heavy atom. The first kappa shape index (κ1) is 19.4. The number of benzene rings is 2. The molecule has 3 aromatic rings. The Bertz CT molecular complexity index is 1000. The topological polar surface area (TPSA) is 73.2 Å². The molecule has 0 atom stereocenters. The molecule has 6 nitrogen and oxygen atoms in total. The molecule has 3 rings (SSSR count). The number of nitrogens with one attached hydrogen (secondary N) is 1. The van der Waals surface area contributed by atoms with Crippen molar-refractivity contribution in [1.82, 2.24) is 9.55 Å². The number of aromatic nitrogens is 2. The summed E-state index contributed by atoms with van der Waals surface area (Å²) >= 11 is 9.35. The molecule has 1 N–H and O–H groups in total. The highest BCUT2D eigenvalue weighted by atomic mass is 79.9. The summed E-state index contributed by atoms with van der Waals surface area (Å²) in [6, 6.07) is 12.7. The largest absolute Gasteiger partial charge is 0.454 e. The minimum atomic E-state index is -0.509. The standard InChI is InChI=1S/C19H17BrClN3O3/c1-2-17-22-15-5-3-4-6-16(15)24(17)10-19(26)27-11-18(25)23-14-8-7-12(20)9-13(14)21/h3-9H,2,10-11H2,1H3,(H,23,25). The molecule has 1 amide bonds. The van der Waals surface area contributed by atoms with E-state index in [1.807, 2.05) is 31.2 Å². The summed E-state index contributed by atoms with van der Waals surface area (Å²) in [5, 5.41) is 3.01. The van der Waals surface area contributed by atoms with Crippen LogP contribution in [0.3, 0.4) is 0 Å². The number of aryl methyl sites for hydroxylation is 1. The van der Waals surface area contributed by atoms with Crippen molar-refractivity contribution in [2.45, 2.75) is 19.9 Å². The van der Waals surface area contributed by atoms with E-state index in [9.17, 15) is 9.59 Å². The van der Waals surface area contributed by atoms with Gasteiger partial charge in [0.2, 0.25) is 0 Å². The fourth-order valence-electron chi connectivity index (χ4n) is 2.67. The lowest BCUT2D eigenvalue weighted by atomic mass is 10.3. The van der Waals surface area contributed by atoms with E-state index >= 15 is 0 Å². The lowest BCUT2D eigenvalue weighted by Gasteiger charge is -2.10. The molecule has 0 aliphatic carbocycles. The normalized spacial score (nSPS) is 10.8. The van der Waals surface area contributed by atoms with E-state index < -0.39 is 11.9 Å². The Morgan fingerprint density at radius 3 is 2.78 bits per heavy atom. The number of nitrogens with zero attached hydrogens (tertiary/aromatic N) is 2. The van der Waals surface area contributed by atoms with Crippen LogP contribution in [0.1, 0.15) is 12.7 Å². The van der Waals surface area contributed by atoms with Crippen molar-refractivity contribution in [2.24, 2.45) is 0 Å². The molecular weight excluding hydrogens is 434 g/mol. The van der Waals surface area contributed by atoms with Crippen molar-refractivity contribution in [3.8, 4) is 0 Å². The predicted octanol–water partition coefficient (Wildman–Crippen LogP) is 4.20. The molecule has 1 aromatic heterocycles. The van der Waals surface area contributed by atoms with Crippen LogP contribution in [-0.4, -0.2) is 28.0 Å². The molecule has 2 aromatic carbocycles. The van der Waals surface area contributed by atoms with E-state index in [1.54, 1.807) is 22.8 Å². The van der Waals surface area contributed by atoms with Gasteiger partial charge < -0.3 is 14.6 Å². The number of para-hydroxylation sites is 2. The van der Waals surface area contributed by atoms with Gasteiger partial charge in [-0.2, -0.15) is 0 Å². The van der Waals surface area contributed by atoms with Crippen LogP contribution in [0.25, 0.3) is 11.0 Å². The average molecular weight is 451 g/mol. The number of carbonyl (C=O) groups excluding carboxylic acids is 2. The van der Waals surface area contributed by atoms with Crippen LogP contribution in [0.4, 0.5) is 5.69 Å². The highest BCUT2D eigenvalue weighted by molar-refractivity contribution is 9.10. The van der Waals surface area contributed by atoms with Gasteiger partial charge in [0.25, 0.3) is 5.91 Å². The molecule has 0 aliphatic rings. The van der Waals surface area contributed by atoms with Crippen LogP contribution in [0.15, 0.2) is 46.9 Å². The number of amides is 1. The van der Waals surface area contributed by atoms with Crippen LogP contribution in [0.5, 0.6) is 0 Å². The number of ether oxygens (including phenoxy) is 1. The number of hydrogen-bond donors (Lipinski definition) is 1. The second-order valence-corrected chi connectivity index (χ2v) is 7.11. The predicted molar refractivity (Wildman–Crippen MR) is 108 cm³/mol. The highest BCUT2D eigenvalue weighted by Crippen LogP contribution is 2.25. The Hall–Kier alpha value is -2.38. The van der Waals surface area contributed by atoms with Crippen molar-refractivity contribution in [2.75, 3.05) is 11.9 Å². The van der Waals surface area contributed by atoms with E-state index in [4.69, 9.17) is 16.3 Å². The van der Waals surface area contributed by atoms with Gasteiger partial charge in [-0.1, -0.05) is 46.6 Å². The summed E-state index contributed by atoms with van der Waals surface area (Å²) in [6.45, 7) is 1.58. The molecule has 0 spiro atoms. The van der Waals surface area contributed by atoms with Gasteiger partial charge in [-0.3, -0.25) is 9.59 Å². The van der Waals surface area contributed by atoms with Crippen molar-refractivity contribution in [3.63, 3.8) is 0 Å². The van der Waals surface area contributed by atoms with Gasteiger partial charge >= 0.3 is 5.97 Å². The zero-order valence-electron chi connectivity index (χ0n) is 14.5. The Balaban J connectivity index is 1.61. The molecule has 0 unspecified atom stereocenters. The number of rotatable bonds is 6. The molecule has 0 saturated heterocycles. The monoisotopic (exact) mass is 449 g/mol. The number of hydrogen-bond acceptors (Lipinski definition) is 4. The molecule has 0 radical (unpaired) electrons. The van der Waals surface area contributed by atoms with Crippen LogP contribution in [0, 0.1) is 0 Å². The second-order valence-electron chi connectivity index (χ2n) is 5.79. The minimum Gasteiger partial charge on any atom is -0.454 e. The molecule has 0 bridgehead atoms. The Labute approximate surface area is 169 Å². The van der Waals surface area contributed by atoms with E-state index in [1.165, 1.54) is 0 Å². The van der Waals surface area contributed by atoms with Crippen LogP contribution in [0.2, 0.25) is 5.02 Å². The molecule has 140 valence electrons. The summed E-state index contributed by atoms with van der Waals surface area (Å²) < 4.78 is 7.72. The summed E-state index contributed by atoms with van der Waals surface area (Å²) in [4.78, 5) is 28.7. The lowest BCUT2D eigenvalue weighted by Crippen LogP contribution is -2.23. The first-order valence-electron chi connectivity index (χ1n) is 8.32. The molecule has 27 heavy (non-hydrogen) atoms. The van der Waals surface area contributed by atoms with E-state index in [0.29, 0.717) is 17.1 Å². The van der Waals surface area contributed by atoms with Gasteiger partial charge in [0, 0.05) is 10.9 Å². The number of anilines is 1. The quantitative estimate of drug-likeness (QED) is 0.571. The van der Waals surface area contributed by atoms with Crippen molar-refractivity contribution in [1.29, 1.82) is 0 Å². The fraction of sp³-hybridized carbons (Fsp3) is 0.211. The lowest BCUT2D eigenvalue weighted by molar-refractivity contribution is -0.147. The van der Waals surface area contributed by atoms with E-state index in [2.05, 4.69) is 26.2 Å². The molecule has 1 heterocycles. The molecule has 0 saturated carbocycles. The second kappa shape index (κ2) is 8.54. The summed E-state index contributed by atoms with van der Waals surface area (Å²) in [6.07, 6.45) is 0.685. The van der Waals surface area contributed by atoms with Crippen molar-refractivity contribution in [3.05, 3.63) is 57.8 Å². The molecular formula is C19H17BrClN3O3. The fourth-order valence-corrected chi connectivity index (χ4v) is 3.39. The van der Waals surface area contributed by atoms with Crippen molar-refractivity contribution < 1.29 is 14.3 Å². The van der Waals surface area contributed by atoms with E-state index in [0.717, 1.165) is 21.3 Å². The minimum absolute atomic E-state index is 0.00396. The highest BCUT2D eigenvalue weighted by Gasteiger charge is 2.15. The zero-order chi connectivity index (χ0) is 19.4. The average Bonchev–Trinajstić information content (AvgIpc) is 3.00. The molecule has 0 aliphatic heterocycles. The molecule has 8 heteroatoms. The van der Waals surface area contributed by atoms with Gasteiger partial charge in [0.05, 0.1) is 21.7 Å². The summed E-state index contributed by atoms with van der Waals surface area (Å²) in [5.74, 6) is -0.178. The third-order valence-electron chi connectivity index (χ3n) is 3.91. The summed E-state index contributed by atoms with van der Waals surface area (Å²) in [5.41, 5.74) is 2.14. The maximum atomic E-state index is 12.2. The van der Waals surface area contributed by atoms with E-state index in [-0.39, 0.29) is 13.2 Å². The van der Waals surface area contributed by atoms with Crippen LogP contribution in [-0.2, 0) is 27.3 Å². The smallest absolute Gasteiger partial charge is 0.326 e. The first-order valence-corrected chi connectivity index (χ1v) is 9.49. The van der Waals surface area contributed by atoms with Crippen molar-refractivity contribution >= 4 is 56.1 Å². The third kappa shape index (κ3) is 4.67. The van der Waals surface area contributed by atoms with Crippen LogP contribution >= 0.6 is 27.5 Å². The number of fused-ring (bicyclic) bond motifs is 1. The maximum absolute atomic E-state index is 12.2. The maximum Gasteiger partial charge on any atom is 0.326 e. The number of halogens is 2. The Morgan fingerprint density at radius 2 is 2.04 bits per heavy atom. The van der Waals surface area contributed by atoms with Gasteiger partial charge in [0.1, 0.15) is 12.4 Å². The number of carbonyl (C=O) groups is 2. The van der Waals surface area contributed by atoms with Gasteiger partial charge in [0.15, 0.2) is 6.61 Å². The number of imidazole rings is 1. The van der Waals surface area contributed by atoms with Gasteiger partial charge in [-0.25, -0.2) is 4.98 Å². The SMILES string of the molecule is CCc1nc2ccccc2n1CC(=O)OCC(=O)Nc1ccc(Br)cc1Cl. The summed E-state index contributed by atoms with van der Waals surface area (Å²) in [7, 11) is 0. The number of esters is 1. The van der Waals surface area contributed by atoms with Gasteiger partial charge in [-0.05, 0) is 30.3 Å². The van der Waals surface area contributed by atoms with Gasteiger partial charge in [-0.15, -0.1) is 0 Å².